The number of carbonyl (C=O) groups is 1. The van der Waals surface area contributed by atoms with E-state index < -0.39 is 11.7 Å². The van der Waals surface area contributed by atoms with Crippen molar-refractivity contribution in [3.63, 3.8) is 0 Å². The van der Waals surface area contributed by atoms with Gasteiger partial charge in [-0.2, -0.15) is 13.2 Å². The summed E-state index contributed by atoms with van der Waals surface area (Å²) in [5, 5.41) is 10.5. The van der Waals surface area contributed by atoms with Crippen LogP contribution in [0.3, 0.4) is 0 Å². The van der Waals surface area contributed by atoms with Gasteiger partial charge in [0.15, 0.2) is 5.78 Å². The van der Waals surface area contributed by atoms with E-state index in [2.05, 4.69) is 11.8 Å². The van der Waals surface area contributed by atoms with E-state index in [9.17, 15) is 18.0 Å². The second-order valence-electron chi connectivity index (χ2n) is 9.71. The summed E-state index contributed by atoms with van der Waals surface area (Å²) in [6.45, 7) is 5.63. The van der Waals surface area contributed by atoms with Crippen LogP contribution < -0.4 is 4.74 Å². The van der Waals surface area contributed by atoms with Crippen molar-refractivity contribution >= 4 is 16.6 Å². The number of ether oxygens (including phenoxy) is 1. The predicted octanol–water partition coefficient (Wildman–Crippen LogP) is 6.95. The predicted molar refractivity (Wildman–Crippen MR) is 134 cm³/mol. The Bertz CT molecular complexity index is 1170. The number of Topliss-reactive ketones (excluding diaryl/α,β-unsaturated/α-hetero) is 1. The van der Waals surface area contributed by atoms with Gasteiger partial charge < -0.3 is 14.7 Å². The number of fused-ring (bicyclic) bond motifs is 1. The van der Waals surface area contributed by atoms with E-state index in [4.69, 9.17) is 9.84 Å². The molecule has 0 spiro atoms. The summed E-state index contributed by atoms with van der Waals surface area (Å²) < 4.78 is 44.3. The number of hydrogen-bond acceptors (Lipinski definition) is 4. The van der Waals surface area contributed by atoms with Crippen LogP contribution in [-0.2, 0) is 6.18 Å². The van der Waals surface area contributed by atoms with Crippen molar-refractivity contribution < 1.29 is 27.8 Å². The van der Waals surface area contributed by atoms with Crippen molar-refractivity contribution in [2.75, 3.05) is 26.2 Å². The van der Waals surface area contributed by atoms with Crippen LogP contribution in [0.15, 0.2) is 60.7 Å². The van der Waals surface area contributed by atoms with Gasteiger partial charge in [0.25, 0.3) is 0 Å². The van der Waals surface area contributed by atoms with E-state index in [1.54, 1.807) is 18.2 Å². The molecule has 36 heavy (non-hydrogen) atoms. The Morgan fingerprint density at radius 1 is 1.08 bits per heavy atom. The number of aliphatic hydroxyl groups is 1. The van der Waals surface area contributed by atoms with Crippen molar-refractivity contribution in [1.29, 1.82) is 0 Å². The van der Waals surface area contributed by atoms with Gasteiger partial charge in [0.2, 0.25) is 0 Å². The zero-order valence-electron chi connectivity index (χ0n) is 20.4. The monoisotopic (exact) mass is 499 g/mol. The highest BCUT2D eigenvalue weighted by Crippen LogP contribution is 2.34. The molecule has 0 aromatic heterocycles. The van der Waals surface area contributed by atoms with Gasteiger partial charge >= 0.3 is 6.18 Å². The third-order valence-corrected chi connectivity index (χ3v) is 7.07. The van der Waals surface area contributed by atoms with E-state index in [0.717, 1.165) is 61.8 Å². The fraction of sp³-hybridized carbons (Fsp3) is 0.414. The highest BCUT2D eigenvalue weighted by atomic mass is 19.4. The molecule has 0 aliphatic carbocycles. The molecule has 1 atom stereocenters. The number of aliphatic hydroxyl groups excluding tert-OH is 1. The lowest BCUT2D eigenvalue weighted by molar-refractivity contribution is -0.137. The minimum Gasteiger partial charge on any atom is -0.457 e. The highest BCUT2D eigenvalue weighted by Gasteiger charge is 2.31. The molecule has 1 saturated heterocycles. The molecular weight excluding hydrogens is 467 g/mol. The molecule has 7 heteroatoms. The summed E-state index contributed by atoms with van der Waals surface area (Å²) in [6, 6.07) is 15.5. The van der Waals surface area contributed by atoms with Crippen LogP contribution >= 0.6 is 0 Å². The van der Waals surface area contributed by atoms with Gasteiger partial charge in [0, 0.05) is 37.1 Å². The van der Waals surface area contributed by atoms with Crippen LogP contribution in [-0.4, -0.2) is 42.0 Å². The molecule has 1 N–H and O–H groups in total. The van der Waals surface area contributed by atoms with Crippen molar-refractivity contribution in [3.05, 3.63) is 71.8 Å². The Kier molecular flexibility index (Phi) is 8.32. The molecule has 3 aromatic rings. The molecule has 192 valence electrons. The topological polar surface area (TPSA) is 49.8 Å². The van der Waals surface area contributed by atoms with Crippen molar-refractivity contribution in [1.82, 2.24) is 4.90 Å². The maximum absolute atomic E-state index is 12.9. The van der Waals surface area contributed by atoms with E-state index in [1.807, 2.05) is 18.2 Å². The first-order valence-corrected chi connectivity index (χ1v) is 12.5. The molecule has 0 radical (unpaired) electrons. The number of likely N-dealkylation sites (tertiary alicyclic amines) is 1. The average molecular weight is 500 g/mol. The van der Waals surface area contributed by atoms with Crippen LogP contribution in [0.1, 0.15) is 48.5 Å². The minimum atomic E-state index is -4.39. The minimum absolute atomic E-state index is 0.108. The van der Waals surface area contributed by atoms with Crippen LogP contribution in [0.5, 0.6) is 11.5 Å². The van der Waals surface area contributed by atoms with Gasteiger partial charge in [-0.1, -0.05) is 25.1 Å². The summed E-state index contributed by atoms with van der Waals surface area (Å²) in [6.07, 6.45) is -1.18. The van der Waals surface area contributed by atoms with E-state index in [0.29, 0.717) is 35.3 Å². The smallest absolute Gasteiger partial charge is 0.416 e. The number of carbonyl (C=O) groups excluding carboxylic acids is 1. The van der Waals surface area contributed by atoms with Gasteiger partial charge in [0.1, 0.15) is 11.5 Å². The summed E-state index contributed by atoms with van der Waals surface area (Å²) >= 11 is 0. The molecule has 0 saturated carbocycles. The van der Waals surface area contributed by atoms with E-state index in [-0.39, 0.29) is 12.4 Å². The molecule has 1 heterocycles. The Labute approximate surface area is 209 Å². The second kappa shape index (κ2) is 11.4. The Morgan fingerprint density at radius 3 is 2.53 bits per heavy atom. The van der Waals surface area contributed by atoms with Gasteiger partial charge in [-0.05, 0) is 85.5 Å². The second-order valence-corrected chi connectivity index (χ2v) is 9.71. The van der Waals surface area contributed by atoms with E-state index in [1.165, 1.54) is 12.1 Å². The maximum Gasteiger partial charge on any atom is 0.416 e. The number of halogens is 3. The number of benzene rings is 3. The molecule has 1 fully saturated rings. The fourth-order valence-corrected chi connectivity index (χ4v) is 4.69. The molecule has 0 unspecified atom stereocenters. The molecule has 4 rings (SSSR count). The molecule has 1 aliphatic rings. The fourth-order valence-electron chi connectivity index (χ4n) is 4.69. The first kappa shape index (κ1) is 26.2. The summed E-state index contributed by atoms with van der Waals surface area (Å²) in [5.74, 6) is 2.04. The van der Waals surface area contributed by atoms with Crippen LogP contribution in [0.2, 0.25) is 0 Å². The van der Waals surface area contributed by atoms with E-state index >= 15 is 0 Å². The molecule has 0 amide bonds. The zero-order valence-corrected chi connectivity index (χ0v) is 20.4. The number of hydrogen-bond donors (Lipinski definition) is 1. The van der Waals surface area contributed by atoms with Gasteiger partial charge in [-0.15, -0.1) is 0 Å². The zero-order chi connectivity index (χ0) is 25.7. The first-order chi connectivity index (χ1) is 17.2. The number of unbranched alkanes of at least 4 members (excludes halogenated alkanes) is 1. The SMILES string of the molecule is C[C@@H](CCC(=O)c1ccc2c(Oc3ccc(C(F)(F)F)cc3)cccc2c1)C1CN(CCCCO)C1. The first-order valence-electron chi connectivity index (χ1n) is 12.5. The number of alkyl halides is 3. The van der Waals surface area contributed by atoms with Crippen LogP contribution in [0, 0.1) is 11.8 Å². The highest BCUT2D eigenvalue weighted by molar-refractivity contribution is 6.01. The Morgan fingerprint density at radius 2 is 1.83 bits per heavy atom. The molecule has 3 aromatic carbocycles. The van der Waals surface area contributed by atoms with Crippen molar-refractivity contribution in [2.24, 2.45) is 11.8 Å². The third-order valence-electron chi connectivity index (χ3n) is 7.07. The summed E-state index contributed by atoms with van der Waals surface area (Å²) in [7, 11) is 0. The molecule has 0 bridgehead atoms. The van der Waals surface area contributed by atoms with Crippen molar-refractivity contribution in [3.8, 4) is 11.5 Å². The van der Waals surface area contributed by atoms with Gasteiger partial charge in [-0.3, -0.25) is 4.79 Å². The number of rotatable bonds is 11. The normalized spacial score (nSPS) is 15.6. The largest absolute Gasteiger partial charge is 0.457 e. The van der Waals surface area contributed by atoms with Crippen LogP contribution in [0.25, 0.3) is 10.8 Å². The molecule has 1 aliphatic heterocycles. The number of nitrogens with zero attached hydrogens (tertiary/aromatic N) is 1. The lowest BCUT2D eigenvalue weighted by atomic mass is 9.83. The number of ketones is 1. The summed E-state index contributed by atoms with van der Waals surface area (Å²) in [5.41, 5.74) is -0.0708. The Balaban J connectivity index is 1.34. The standard InChI is InChI=1S/C29H32F3NO3/c1-20(23-18-33(19-23)15-2-3-16-34)7-14-27(35)22-8-13-26-21(17-22)5-4-6-28(26)36-25-11-9-24(10-12-25)29(30,31)32/h4-6,8-13,17,20,23,34H,2-3,7,14-16,18-19H2,1H3/t20-/m0/s1. The Hall–Kier alpha value is -2.90. The van der Waals surface area contributed by atoms with Gasteiger partial charge in [-0.25, -0.2) is 0 Å². The van der Waals surface area contributed by atoms with Gasteiger partial charge in [0.05, 0.1) is 5.56 Å². The average Bonchev–Trinajstić information content (AvgIpc) is 2.83. The third kappa shape index (κ3) is 6.45. The maximum atomic E-state index is 12.9. The molecule has 4 nitrogen and oxygen atoms in total. The molecular formula is C29H32F3NO3. The van der Waals surface area contributed by atoms with Crippen LogP contribution in [0.4, 0.5) is 13.2 Å². The quantitative estimate of drug-likeness (QED) is 0.229. The summed E-state index contributed by atoms with van der Waals surface area (Å²) in [4.78, 5) is 15.3. The lowest BCUT2D eigenvalue weighted by Gasteiger charge is -2.42. The lowest BCUT2D eigenvalue weighted by Crippen LogP contribution is -2.49. The van der Waals surface area contributed by atoms with Crippen molar-refractivity contribution in [2.45, 2.75) is 38.8 Å².